The average molecular weight is 315 g/mol. The molecule has 0 aliphatic heterocycles. The second-order valence-corrected chi connectivity index (χ2v) is 6.18. The van der Waals surface area contributed by atoms with Crippen LogP contribution in [0.15, 0.2) is 30.3 Å². The molecular weight excluding hydrogens is 303 g/mol. The lowest BCUT2D eigenvalue weighted by Crippen LogP contribution is -2.12. The van der Waals surface area contributed by atoms with Gasteiger partial charge in [-0.3, -0.25) is 0 Å². The number of thiocarbonyl (C=S) groups is 1. The number of nitrogens with two attached hydrogens (primary N) is 1. The van der Waals surface area contributed by atoms with E-state index in [4.69, 9.17) is 29.6 Å². The maximum Gasteiger partial charge on any atom is 0.135 e. The summed E-state index contributed by atoms with van der Waals surface area (Å²) in [5.41, 5.74) is 6.38. The van der Waals surface area contributed by atoms with Crippen molar-refractivity contribution in [1.82, 2.24) is 0 Å². The first-order chi connectivity index (χ1) is 9.06. The molecule has 6 heteroatoms. The number of hydrogen-bond acceptors (Lipinski definition) is 3. The molecule has 1 aromatic heterocycles. The molecule has 0 saturated carbocycles. The van der Waals surface area contributed by atoms with E-state index in [1.54, 1.807) is 23.5 Å². The van der Waals surface area contributed by atoms with Crippen LogP contribution < -0.4 is 11.1 Å². The number of halogens is 2. The van der Waals surface area contributed by atoms with Crippen LogP contribution in [0.5, 0.6) is 0 Å². The molecule has 0 atom stereocenters. The Balaban J connectivity index is 1.93. The molecule has 0 saturated heterocycles. The van der Waals surface area contributed by atoms with Crippen molar-refractivity contribution >= 4 is 45.8 Å². The third-order valence-electron chi connectivity index (χ3n) is 2.56. The summed E-state index contributed by atoms with van der Waals surface area (Å²) in [6.45, 7) is 0.711. The summed E-state index contributed by atoms with van der Waals surface area (Å²) in [5, 5.41) is 3.15. The molecule has 0 spiro atoms. The summed E-state index contributed by atoms with van der Waals surface area (Å²) in [7, 11) is 0. The lowest BCUT2D eigenvalue weighted by atomic mass is 10.2. The molecular formula is C13H12ClFN2S2. The summed E-state index contributed by atoms with van der Waals surface area (Å²) in [6.07, 6.45) is 0.843. The van der Waals surface area contributed by atoms with Crippen molar-refractivity contribution < 1.29 is 4.39 Å². The third-order valence-corrected chi connectivity index (χ3v) is 4.07. The van der Waals surface area contributed by atoms with E-state index >= 15 is 0 Å². The Bertz CT molecular complexity index is 598. The molecule has 1 aromatic carbocycles. The van der Waals surface area contributed by atoms with Crippen molar-refractivity contribution in [3.8, 4) is 0 Å². The molecule has 0 fully saturated rings. The molecule has 0 aliphatic carbocycles. The second kappa shape index (κ2) is 6.32. The lowest BCUT2D eigenvalue weighted by Gasteiger charge is -2.07. The van der Waals surface area contributed by atoms with Gasteiger partial charge in [-0.2, -0.15) is 0 Å². The van der Waals surface area contributed by atoms with Crippen LogP contribution >= 0.6 is 35.2 Å². The lowest BCUT2D eigenvalue weighted by molar-refractivity contribution is 0.626. The van der Waals surface area contributed by atoms with Gasteiger partial charge in [-0.15, -0.1) is 11.3 Å². The van der Waals surface area contributed by atoms with Crippen molar-refractivity contribution in [2.24, 2.45) is 5.73 Å². The minimum Gasteiger partial charge on any atom is -0.389 e. The number of benzene rings is 1. The highest BCUT2D eigenvalue weighted by molar-refractivity contribution is 7.80. The van der Waals surface area contributed by atoms with Gasteiger partial charge in [-0.25, -0.2) is 4.39 Å². The molecule has 0 radical (unpaired) electrons. The Hall–Kier alpha value is -1.17. The first-order valence-electron chi connectivity index (χ1n) is 5.63. The Morgan fingerprint density at radius 3 is 2.74 bits per heavy atom. The highest BCUT2D eigenvalue weighted by Gasteiger charge is 2.05. The first kappa shape index (κ1) is 14.2. The SMILES string of the molecule is NC(=S)c1ccc(NCCc2ccc(Cl)s2)cc1F. The standard InChI is InChI=1S/C13H12ClFN2S2/c14-12-4-2-9(19-12)5-6-17-8-1-3-10(13(16)18)11(15)7-8/h1-4,7,17H,5-6H2,(H2,16,18). The van der Waals surface area contributed by atoms with Crippen molar-refractivity contribution in [2.75, 3.05) is 11.9 Å². The van der Waals surface area contributed by atoms with Crippen LogP contribution in [-0.2, 0) is 6.42 Å². The smallest absolute Gasteiger partial charge is 0.135 e. The highest BCUT2D eigenvalue weighted by Crippen LogP contribution is 2.22. The van der Waals surface area contributed by atoms with Crippen LogP contribution in [0.25, 0.3) is 0 Å². The van der Waals surface area contributed by atoms with Crippen molar-refractivity contribution in [3.63, 3.8) is 0 Å². The summed E-state index contributed by atoms with van der Waals surface area (Å²) in [6, 6.07) is 8.61. The number of rotatable bonds is 5. The average Bonchev–Trinajstić information content (AvgIpc) is 2.75. The van der Waals surface area contributed by atoms with Crippen LogP contribution in [0.1, 0.15) is 10.4 Å². The van der Waals surface area contributed by atoms with Gasteiger partial charge in [0.15, 0.2) is 0 Å². The molecule has 0 bridgehead atoms. The van der Waals surface area contributed by atoms with Gasteiger partial charge in [-0.1, -0.05) is 23.8 Å². The summed E-state index contributed by atoms with van der Waals surface area (Å²) < 4.78 is 14.4. The minimum absolute atomic E-state index is 0.0669. The molecule has 2 rings (SSSR count). The van der Waals surface area contributed by atoms with Gasteiger partial charge in [-0.05, 0) is 36.8 Å². The normalized spacial score (nSPS) is 10.4. The summed E-state index contributed by atoms with van der Waals surface area (Å²) in [5.74, 6) is -0.406. The predicted molar refractivity (Wildman–Crippen MR) is 83.8 cm³/mol. The number of thiophene rings is 1. The second-order valence-electron chi connectivity index (χ2n) is 3.94. The van der Waals surface area contributed by atoms with E-state index in [0.29, 0.717) is 12.2 Å². The van der Waals surface area contributed by atoms with Gasteiger partial charge in [0, 0.05) is 22.7 Å². The fraction of sp³-hybridized carbons (Fsp3) is 0.154. The van der Waals surface area contributed by atoms with E-state index in [2.05, 4.69) is 5.32 Å². The Kier molecular flexibility index (Phi) is 4.74. The Morgan fingerprint density at radius 2 is 2.16 bits per heavy atom. The Morgan fingerprint density at radius 1 is 1.37 bits per heavy atom. The fourth-order valence-corrected chi connectivity index (χ4v) is 2.89. The quantitative estimate of drug-likeness (QED) is 0.824. The zero-order valence-electron chi connectivity index (χ0n) is 9.95. The predicted octanol–water partition coefficient (Wildman–Crippen LogP) is 3.83. The van der Waals surface area contributed by atoms with Crippen LogP contribution in [0, 0.1) is 5.82 Å². The highest BCUT2D eigenvalue weighted by atomic mass is 35.5. The van der Waals surface area contributed by atoms with Gasteiger partial charge < -0.3 is 11.1 Å². The molecule has 19 heavy (non-hydrogen) atoms. The van der Waals surface area contributed by atoms with Crippen molar-refractivity contribution in [3.05, 3.63) is 50.9 Å². The van der Waals surface area contributed by atoms with Crippen molar-refractivity contribution in [2.45, 2.75) is 6.42 Å². The zero-order valence-corrected chi connectivity index (χ0v) is 12.3. The maximum absolute atomic E-state index is 13.6. The molecule has 1 heterocycles. The van der Waals surface area contributed by atoms with Crippen LogP contribution in [-0.4, -0.2) is 11.5 Å². The molecule has 0 amide bonds. The largest absolute Gasteiger partial charge is 0.389 e. The van der Waals surface area contributed by atoms with Gasteiger partial charge in [0.1, 0.15) is 10.8 Å². The number of hydrogen-bond donors (Lipinski definition) is 2. The molecule has 2 nitrogen and oxygen atoms in total. The number of nitrogens with one attached hydrogen (secondary N) is 1. The van der Waals surface area contributed by atoms with Crippen LogP contribution in [0.4, 0.5) is 10.1 Å². The van der Waals surface area contributed by atoms with E-state index in [1.807, 2.05) is 12.1 Å². The molecule has 0 aliphatic rings. The van der Waals surface area contributed by atoms with Gasteiger partial charge in [0.2, 0.25) is 0 Å². The van der Waals surface area contributed by atoms with Crippen LogP contribution in [0.2, 0.25) is 4.34 Å². The maximum atomic E-state index is 13.6. The van der Waals surface area contributed by atoms with E-state index in [1.165, 1.54) is 10.9 Å². The molecule has 100 valence electrons. The van der Waals surface area contributed by atoms with Gasteiger partial charge >= 0.3 is 0 Å². The van der Waals surface area contributed by atoms with Gasteiger partial charge in [0.05, 0.1) is 4.34 Å². The summed E-state index contributed by atoms with van der Waals surface area (Å²) in [4.78, 5) is 1.26. The fourth-order valence-electron chi connectivity index (χ4n) is 1.64. The molecule has 3 N–H and O–H groups in total. The summed E-state index contributed by atoms with van der Waals surface area (Å²) >= 11 is 12.2. The molecule has 0 unspecified atom stereocenters. The van der Waals surface area contributed by atoms with E-state index in [9.17, 15) is 4.39 Å². The van der Waals surface area contributed by atoms with Crippen molar-refractivity contribution in [1.29, 1.82) is 0 Å². The molecule has 2 aromatic rings. The third kappa shape index (κ3) is 3.89. The first-order valence-corrected chi connectivity index (χ1v) is 7.24. The minimum atomic E-state index is -0.406. The van der Waals surface area contributed by atoms with E-state index < -0.39 is 5.82 Å². The van der Waals surface area contributed by atoms with Gasteiger partial charge in [0.25, 0.3) is 0 Å². The topological polar surface area (TPSA) is 38.0 Å². The number of anilines is 1. The monoisotopic (exact) mass is 314 g/mol. The Labute approximate surface area is 125 Å². The van der Waals surface area contributed by atoms with E-state index in [-0.39, 0.29) is 10.6 Å². The van der Waals surface area contributed by atoms with Crippen LogP contribution in [0.3, 0.4) is 0 Å². The van der Waals surface area contributed by atoms with E-state index in [0.717, 1.165) is 10.8 Å². The zero-order chi connectivity index (χ0) is 13.8.